The van der Waals surface area contributed by atoms with Gasteiger partial charge in [-0.1, -0.05) is 0 Å². The van der Waals surface area contributed by atoms with Gasteiger partial charge in [-0.15, -0.1) is 0 Å². The van der Waals surface area contributed by atoms with E-state index in [2.05, 4.69) is 0 Å². The second kappa shape index (κ2) is 3.00. The van der Waals surface area contributed by atoms with E-state index in [1.807, 2.05) is 0 Å². The Hall–Kier alpha value is -0.260. The quantitative estimate of drug-likeness (QED) is 0.588. The van der Waals surface area contributed by atoms with Gasteiger partial charge in [0.1, 0.15) is 0 Å². The van der Waals surface area contributed by atoms with Gasteiger partial charge in [-0.25, -0.2) is 8.78 Å². The third-order valence-electron chi connectivity index (χ3n) is 1.53. The Bertz CT molecular complexity index is 130. The molecule has 0 heterocycles. The minimum atomic E-state index is -2.61. The van der Waals surface area contributed by atoms with Crippen molar-refractivity contribution in [1.29, 1.82) is 0 Å². The zero-order valence-electron chi connectivity index (χ0n) is 5.83. The molecule has 0 aromatic heterocycles. The van der Waals surface area contributed by atoms with E-state index in [-0.39, 0.29) is 19.4 Å². The highest BCUT2D eigenvalue weighted by atomic mass is 19.3. The van der Waals surface area contributed by atoms with E-state index in [4.69, 9.17) is 14.9 Å². The topological polar surface area (TPSA) is 49.7 Å². The second-order valence-corrected chi connectivity index (χ2v) is 2.70. The highest BCUT2D eigenvalue weighted by Crippen LogP contribution is 2.39. The number of hydrogen-bond acceptors (Lipinski definition) is 3. The molecule has 0 unspecified atom stereocenters. The van der Waals surface area contributed by atoms with Crippen LogP contribution in [-0.4, -0.2) is 35.1 Å². The first-order valence-corrected chi connectivity index (χ1v) is 3.35. The van der Waals surface area contributed by atoms with Crippen LogP contribution in [0.15, 0.2) is 0 Å². The largest absolute Gasteiger partial charge is 0.372 e. The van der Waals surface area contributed by atoms with Gasteiger partial charge in [0.05, 0.1) is 12.7 Å². The van der Waals surface area contributed by atoms with Crippen molar-refractivity contribution in [3.63, 3.8) is 0 Å². The number of halogens is 2. The first-order valence-electron chi connectivity index (χ1n) is 3.35. The van der Waals surface area contributed by atoms with Crippen LogP contribution in [0.1, 0.15) is 12.8 Å². The molecule has 1 rings (SSSR count). The minimum absolute atomic E-state index is 0.291. The SMILES string of the molecule is OC(O)COC1CC(F)(F)C1. The number of ether oxygens (including phenoxy) is 1. The van der Waals surface area contributed by atoms with Gasteiger partial charge in [-0.05, 0) is 0 Å². The number of hydrogen-bond donors (Lipinski definition) is 2. The lowest BCUT2D eigenvalue weighted by atomic mass is 9.91. The minimum Gasteiger partial charge on any atom is -0.372 e. The number of aliphatic hydroxyl groups excluding tert-OH is 1. The predicted octanol–water partition coefficient (Wildman–Crippen LogP) is 0.111. The van der Waals surface area contributed by atoms with Crippen molar-refractivity contribution in [2.24, 2.45) is 0 Å². The maximum Gasteiger partial charge on any atom is 0.253 e. The third-order valence-corrected chi connectivity index (χ3v) is 1.53. The maximum absolute atomic E-state index is 12.1. The first kappa shape index (κ1) is 8.83. The molecule has 1 aliphatic carbocycles. The summed E-state index contributed by atoms with van der Waals surface area (Å²) in [7, 11) is 0. The summed E-state index contributed by atoms with van der Waals surface area (Å²) in [4.78, 5) is 0. The lowest BCUT2D eigenvalue weighted by Gasteiger charge is -2.34. The maximum atomic E-state index is 12.1. The van der Waals surface area contributed by atoms with Crippen LogP contribution in [0.3, 0.4) is 0 Å². The van der Waals surface area contributed by atoms with Crippen LogP contribution < -0.4 is 0 Å². The van der Waals surface area contributed by atoms with Crippen LogP contribution in [0.2, 0.25) is 0 Å². The van der Waals surface area contributed by atoms with Gasteiger partial charge in [0, 0.05) is 12.8 Å². The molecule has 0 amide bonds. The molecule has 0 aliphatic heterocycles. The van der Waals surface area contributed by atoms with Crippen LogP contribution >= 0.6 is 0 Å². The summed E-state index contributed by atoms with van der Waals surface area (Å²) in [6.07, 6.45) is -2.68. The van der Waals surface area contributed by atoms with Crippen LogP contribution in [-0.2, 0) is 4.74 Å². The molecule has 3 nitrogen and oxygen atoms in total. The van der Waals surface area contributed by atoms with Gasteiger partial charge in [0.25, 0.3) is 5.92 Å². The van der Waals surface area contributed by atoms with Crippen LogP contribution in [0.4, 0.5) is 8.78 Å². The van der Waals surface area contributed by atoms with Gasteiger partial charge in [0.2, 0.25) is 0 Å². The molecule has 66 valence electrons. The van der Waals surface area contributed by atoms with Crippen molar-refractivity contribution >= 4 is 0 Å². The van der Waals surface area contributed by atoms with Crippen molar-refractivity contribution < 1.29 is 23.7 Å². The average molecular weight is 168 g/mol. The Balaban J connectivity index is 2.05. The molecule has 0 radical (unpaired) electrons. The van der Waals surface area contributed by atoms with Crippen molar-refractivity contribution in [2.75, 3.05) is 6.61 Å². The highest BCUT2D eigenvalue weighted by molar-refractivity contribution is 4.86. The standard InChI is InChI=1S/C6H10F2O3/c7-6(8)1-4(2-6)11-3-5(9)10/h4-5,9-10H,1-3H2. The summed E-state index contributed by atoms with van der Waals surface area (Å²) in [5, 5.41) is 16.6. The van der Waals surface area contributed by atoms with Gasteiger partial charge < -0.3 is 14.9 Å². The molecule has 0 bridgehead atoms. The predicted molar refractivity (Wildman–Crippen MR) is 32.1 cm³/mol. The van der Waals surface area contributed by atoms with E-state index in [0.717, 1.165) is 0 Å². The van der Waals surface area contributed by atoms with Crippen molar-refractivity contribution in [1.82, 2.24) is 0 Å². The molecule has 11 heavy (non-hydrogen) atoms. The Labute approximate surface area is 62.6 Å². The summed E-state index contributed by atoms with van der Waals surface area (Å²) in [5.41, 5.74) is 0. The summed E-state index contributed by atoms with van der Waals surface area (Å²) >= 11 is 0. The molecular formula is C6H10F2O3. The van der Waals surface area contributed by atoms with Crippen molar-refractivity contribution in [2.45, 2.75) is 31.2 Å². The van der Waals surface area contributed by atoms with Crippen molar-refractivity contribution in [3.05, 3.63) is 0 Å². The number of alkyl halides is 2. The van der Waals surface area contributed by atoms with Crippen LogP contribution in [0, 0.1) is 0 Å². The Kier molecular flexibility index (Phi) is 2.41. The van der Waals surface area contributed by atoms with Gasteiger partial charge >= 0.3 is 0 Å². The molecule has 1 aliphatic rings. The third kappa shape index (κ3) is 2.69. The summed E-state index contributed by atoms with van der Waals surface area (Å²) in [6.45, 7) is -0.291. The second-order valence-electron chi connectivity index (χ2n) is 2.70. The molecule has 0 spiro atoms. The lowest BCUT2D eigenvalue weighted by molar-refractivity contribution is -0.192. The van der Waals surface area contributed by atoms with E-state index in [1.165, 1.54) is 0 Å². The van der Waals surface area contributed by atoms with Crippen LogP contribution in [0.25, 0.3) is 0 Å². The van der Waals surface area contributed by atoms with Crippen molar-refractivity contribution in [3.8, 4) is 0 Å². The van der Waals surface area contributed by atoms with E-state index >= 15 is 0 Å². The fraction of sp³-hybridized carbons (Fsp3) is 1.00. The Morgan fingerprint density at radius 3 is 2.36 bits per heavy atom. The first-order chi connectivity index (χ1) is 4.99. The molecule has 1 fully saturated rings. The molecule has 5 heteroatoms. The molecule has 0 atom stereocenters. The molecule has 0 aromatic carbocycles. The van der Waals surface area contributed by atoms with Gasteiger partial charge in [0.15, 0.2) is 6.29 Å². The normalized spacial score (nSPS) is 23.7. The Morgan fingerprint density at radius 1 is 1.45 bits per heavy atom. The van der Waals surface area contributed by atoms with E-state index < -0.39 is 18.3 Å². The van der Waals surface area contributed by atoms with Gasteiger partial charge in [-0.3, -0.25) is 0 Å². The summed E-state index contributed by atoms with van der Waals surface area (Å²) in [5.74, 6) is -2.61. The average Bonchev–Trinajstić information content (AvgIpc) is 1.78. The monoisotopic (exact) mass is 168 g/mol. The summed E-state index contributed by atoms with van der Waals surface area (Å²) < 4.78 is 28.9. The molecule has 2 N–H and O–H groups in total. The summed E-state index contributed by atoms with van der Waals surface area (Å²) in [6, 6.07) is 0. The fourth-order valence-electron chi connectivity index (χ4n) is 0.946. The van der Waals surface area contributed by atoms with Gasteiger partial charge in [-0.2, -0.15) is 0 Å². The molecular weight excluding hydrogens is 158 g/mol. The number of rotatable bonds is 3. The lowest BCUT2D eigenvalue weighted by Crippen LogP contribution is -2.42. The van der Waals surface area contributed by atoms with E-state index in [1.54, 1.807) is 0 Å². The smallest absolute Gasteiger partial charge is 0.253 e. The molecule has 0 aromatic rings. The highest BCUT2D eigenvalue weighted by Gasteiger charge is 2.46. The zero-order valence-corrected chi connectivity index (χ0v) is 5.83. The molecule has 0 saturated heterocycles. The zero-order chi connectivity index (χ0) is 8.48. The molecule has 1 saturated carbocycles. The number of aliphatic hydroxyl groups is 2. The van der Waals surface area contributed by atoms with E-state index in [0.29, 0.717) is 0 Å². The van der Waals surface area contributed by atoms with Crippen LogP contribution in [0.5, 0.6) is 0 Å². The Morgan fingerprint density at radius 2 is 2.00 bits per heavy atom. The fourth-order valence-corrected chi connectivity index (χ4v) is 0.946. The van der Waals surface area contributed by atoms with E-state index in [9.17, 15) is 8.78 Å².